The molecule has 4 aromatic rings. The van der Waals surface area contributed by atoms with Crippen molar-refractivity contribution in [3.05, 3.63) is 137 Å². The van der Waals surface area contributed by atoms with Crippen LogP contribution in [0.1, 0.15) is 72.9 Å². The number of aliphatic hydroxyl groups excluding tert-OH is 1. The number of nitro groups is 4. The van der Waals surface area contributed by atoms with E-state index in [1.165, 1.54) is 81.4 Å². The molecule has 0 amide bonds. The fourth-order valence-corrected chi connectivity index (χ4v) is 8.26. The average molecular weight is 1230 g/mol. The van der Waals surface area contributed by atoms with Crippen molar-refractivity contribution in [1.29, 1.82) is 0 Å². The minimum absolute atomic E-state index is 0.00287. The van der Waals surface area contributed by atoms with E-state index in [4.69, 9.17) is 63.7 Å². The lowest BCUT2D eigenvalue weighted by molar-refractivity contribution is -0.387. The number of carbonyl (C=O) groups excluding carboxylic acids is 7. The number of nitrogens with zero attached hydrogens (tertiary/aromatic N) is 4. The van der Waals surface area contributed by atoms with Gasteiger partial charge in [-0.1, -0.05) is 32.9 Å². The summed E-state index contributed by atoms with van der Waals surface area (Å²) in [5.74, 6) is -4.53. The fraction of sp³-hybridized carbons (Fsp3) is 0.415. The molecule has 2 aliphatic heterocycles. The van der Waals surface area contributed by atoms with E-state index in [1.807, 2.05) is 6.92 Å². The molecular weight excluding hydrogens is 1180 g/mol. The first kappa shape index (κ1) is 68.8. The SMILES string of the molecule is CC(=O)OC[C@H]1O[C@H](Oc2ccc(CO)cc2[N+](=O)[O-])[C@@H](OC(C)=O)[C@@H](OC(C)=O)[C@@H]1C.CC[C@H]1O[C@H](Oc2ccc(COC(=O)Oc3ccc([N+](=O)[O-])cc3)cc2[N+](=O)[O-])[C@@H](OC(C)=O)[C@@H](OC(C)=O)[C@@H]1C.O=C(Cl)Oc1ccc([N+](=O)[O-])cc1. The largest absolute Gasteiger partial charge is 0.514 e. The third-order valence-corrected chi connectivity index (χ3v) is 12.1. The number of carbonyl (C=O) groups is 7. The van der Waals surface area contributed by atoms with E-state index in [9.17, 15) is 79.1 Å². The third-order valence-electron chi connectivity index (χ3n) is 12.0. The number of benzene rings is 4. The van der Waals surface area contributed by atoms with Crippen molar-refractivity contribution >= 4 is 75.8 Å². The molecule has 32 nitrogen and oxygen atoms in total. The smallest absolute Gasteiger partial charge is 0.463 e. The molecule has 0 spiro atoms. The van der Waals surface area contributed by atoms with Crippen LogP contribution >= 0.6 is 11.6 Å². The number of hydrogen-bond acceptors (Lipinski definition) is 28. The van der Waals surface area contributed by atoms with Gasteiger partial charge in [0.05, 0.1) is 32.4 Å². The molecule has 2 saturated heterocycles. The molecule has 2 fully saturated rings. The van der Waals surface area contributed by atoms with Crippen LogP contribution in [0.15, 0.2) is 84.9 Å². The van der Waals surface area contributed by atoms with Crippen molar-refractivity contribution in [2.24, 2.45) is 11.8 Å². The molecule has 86 heavy (non-hydrogen) atoms. The Hall–Kier alpha value is -9.66. The maximum Gasteiger partial charge on any atom is 0.514 e. The molecule has 464 valence electrons. The zero-order valence-electron chi connectivity index (χ0n) is 46.8. The Morgan fingerprint density at radius 1 is 0.523 bits per heavy atom. The summed E-state index contributed by atoms with van der Waals surface area (Å²) in [4.78, 5) is 122. The zero-order valence-corrected chi connectivity index (χ0v) is 47.6. The van der Waals surface area contributed by atoms with E-state index < -0.39 is 141 Å². The quantitative estimate of drug-likeness (QED) is 0.0220. The standard InChI is InChI=1S/C26H28N2O13.C20H25NO11.C7H4ClNO4/c1-5-21-14(2)23(37-15(3)29)24(38-16(4)30)25(40-21)41-22-11-6-17(12-20(22)28(34)35)13-36-26(31)39-19-9-7-18(8-10-19)27(32)33;1-10-17(9-28-11(2)23)32-20(19(30-13(4)25)18(10)29-12(3)24)31-16-6-5-14(8-22)7-15(16)21(26)27;8-7(10)13-6-3-1-5(2-4-6)9(11)12/h6-12,14,21,23-25H,5,13H2,1-4H3;5-7,10,17-20,22H,8-9H2,1-4H3;1-4H/t14-,21-,23+,24+,25-;10-,17-,18+,19+,20+;/m11./s1. The average Bonchev–Trinajstić information content (AvgIpc) is 3.33. The van der Waals surface area contributed by atoms with Crippen molar-refractivity contribution < 1.29 is 115 Å². The molecule has 1 N–H and O–H groups in total. The summed E-state index contributed by atoms with van der Waals surface area (Å²) in [6.07, 6.45) is -9.22. The molecule has 4 aromatic carbocycles. The molecule has 33 heteroatoms. The van der Waals surface area contributed by atoms with E-state index in [2.05, 4.69) is 4.74 Å². The van der Waals surface area contributed by atoms with E-state index in [1.54, 1.807) is 13.8 Å². The Labute approximate surface area is 491 Å². The van der Waals surface area contributed by atoms with Crippen LogP contribution in [-0.4, -0.2) is 122 Å². The summed E-state index contributed by atoms with van der Waals surface area (Å²) in [6, 6.07) is 17.3. The summed E-state index contributed by atoms with van der Waals surface area (Å²) >= 11 is 4.92. The number of aliphatic hydroxyl groups is 1. The molecule has 0 aliphatic carbocycles. The minimum atomic E-state index is -1.43. The zero-order chi connectivity index (χ0) is 64.1. The normalized spacial score (nSPS) is 21.0. The Bertz CT molecular complexity index is 3110. The third kappa shape index (κ3) is 20.9. The van der Waals surface area contributed by atoms with Gasteiger partial charge >= 0.3 is 52.8 Å². The maximum absolute atomic E-state index is 12.0. The highest BCUT2D eigenvalue weighted by Gasteiger charge is 2.51. The van der Waals surface area contributed by atoms with Crippen LogP contribution in [0.4, 0.5) is 32.3 Å². The summed E-state index contributed by atoms with van der Waals surface area (Å²) in [7, 11) is 0. The highest BCUT2D eigenvalue weighted by atomic mass is 35.5. The van der Waals surface area contributed by atoms with Gasteiger partial charge in [-0.25, -0.2) is 9.59 Å². The molecule has 0 radical (unpaired) electrons. The number of nitro benzene ring substituents is 4. The van der Waals surface area contributed by atoms with Gasteiger partial charge in [-0.15, -0.1) is 0 Å². The van der Waals surface area contributed by atoms with Crippen LogP contribution < -0.4 is 18.9 Å². The van der Waals surface area contributed by atoms with E-state index >= 15 is 0 Å². The highest BCUT2D eigenvalue weighted by Crippen LogP contribution is 2.38. The second-order valence-electron chi connectivity index (χ2n) is 18.3. The Kier molecular flexibility index (Phi) is 25.9. The summed E-state index contributed by atoms with van der Waals surface area (Å²) in [5, 5.41) is 53.5. The summed E-state index contributed by atoms with van der Waals surface area (Å²) in [5.41, 5.74) is -1.72. The lowest BCUT2D eigenvalue weighted by Gasteiger charge is -2.43. The van der Waals surface area contributed by atoms with Crippen LogP contribution in [0.3, 0.4) is 0 Å². The second-order valence-corrected chi connectivity index (χ2v) is 18.6. The van der Waals surface area contributed by atoms with Gasteiger partial charge in [-0.2, -0.15) is 0 Å². The van der Waals surface area contributed by atoms with E-state index in [-0.39, 0.29) is 58.0 Å². The molecular formula is C53H57ClN4O28. The minimum Gasteiger partial charge on any atom is -0.463 e. The lowest BCUT2D eigenvalue weighted by Crippen LogP contribution is -2.59. The van der Waals surface area contributed by atoms with Crippen LogP contribution in [0.5, 0.6) is 23.0 Å². The highest BCUT2D eigenvalue weighted by molar-refractivity contribution is 6.61. The van der Waals surface area contributed by atoms with E-state index in [0.717, 1.165) is 38.1 Å². The van der Waals surface area contributed by atoms with Crippen molar-refractivity contribution in [3.63, 3.8) is 0 Å². The first-order valence-electron chi connectivity index (χ1n) is 25.3. The van der Waals surface area contributed by atoms with Crippen molar-refractivity contribution in [1.82, 2.24) is 0 Å². The van der Waals surface area contributed by atoms with E-state index in [0.29, 0.717) is 6.42 Å². The lowest BCUT2D eigenvalue weighted by atomic mass is 9.89. The number of esters is 5. The molecule has 0 bridgehead atoms. The van der Waals surface area contributed by atoms with Gasteiger partial charge in [0.2, 0.25) is 24.8 Å². The fourth-order valence-electron chi connectivity index (χ4n) is 8.17. The summed E-state index contributed by atoms with van der Waals surface area (Å²) < 4.78 is 64.2. The number of halogens is 1. The molecule has 2 aliphatic rings. The van der Waals surface area contributed by atoms with Gasteiger partial charge in [0.15, 0.2) is 11.5 Å². The molecule has 6 rings (SSSR count). The number of ether oxygens (including phenoxy) is 12. The molecule has 0 aromatic heterocycles. The second kappa shape index (κ2) is 32.4. The summed E-state index contributed by atoms with van der Waals surface area (Å²) in [6.45, 7) is 10.1. The topological polar surface area (TPSA) is 423 Å². The van der Waals surface area contributed by atoms with Gasteiger partial charge in [0.1, 0.15) is 43.0 Å². The van der Waals surface area contributed by atoms with Crippen LogP contribution in [-0.2, 0) is 75.1 Å². The van der Waals surface area contributed by atoms with Crippen LogP contribution in [0.25, 0.3) is 0 Å². The molecule has 0 saturated carbocycles. The van der Waals surface area contributed by atoms with Crippen LogP contribution in [0, 0.1) is 52.3 Å². The molecule has 2 heterocycles. The van der Waals surface area contributed by atoms with Gasteiger partial charge in [0.25, 0.3) is 11.4 Å². The van der Waals surface area contributed by atoms with Crippen molar-refractivity contribution in [2.75, 3.05) is 6.61 Å². The van der Waals surface area contributed by atoms with Gasteiger partial charge in [-0.3, -0.25) is 64.4 Å². The van der Waals surface area contributed by atoms with Crippen molar-refractivity contribution in [3.8, 4) is 23.0 Å². The van der Waals surface area contributed by atoms with Gasteiger partial charge < -0.3 is 61.9 Å². The maximum atomic E-state index is 12.0. The first-order chi connectivity index (χ1) is 40.5. The monoisotopic (exact) mass is 1230 g/mol. The van der Waals surface area contributed by atoms with Crippen molar-refractivity contribution in [2.45, 2.75) is 124 Å². The predicted molar refractivity (Wildman–Crippen MR) is 287 cm³/mol. The molecule has 10 atom stereocenters. The predicted octanol–water partition coefficient (Wildman–Crippen LogP) is 7.82. The Morgan fingerprint density at radius 3 is 1.30 bits per heavy atom. The first-order valence-corrected chi connectivity index (χ1v) is 25.7. The van der Waals surface area contributed by atoms with Gasteiger partial charge in [0, 0.05) is 94.5 Å². The number of hydrogen-bond donors (Lipinski definition) is 1. The van der Waals surface area contributed by atoms with Crippen LogP contribution in [0.2, 0.25) is 0 Å². The Morgan fingerprint density at radius 2 is 0.919 bits per heavy atom. The number of non-ortho nitro benzene ring substituents is 2. The Balaban J connectivity index is 0.000000311. The van der Waals surface area contributed by atoms with Gasteiger partial charge in [-0.05, 0) is 53.9 Å². The molecule has 0 unspecified atom stereocenters. The number of rotatable bonds is 20.